The average molecular weight is 281 g/mol. The first-order chi connectivity index (χ1) is 8.35. The quantitative estimate of drug-likeness (QED) is 0.897. The van der Waals surface area contributed by atoms with Gasteiger partial charge in [0, 0.05) is 18.1 Å². The van der Waals surface area contributed by atoms with E-state index in [1.807, 2.05) is 0 Å². The fourth-order valence-corrected chi connectivity index (χ4v) is 1.88. The molecule has 0 unspecified atom stereocenters. The highest BCUT2D eigenvalue weighted by molar-refractivity contribution is 6.31. The number of rotatable bonds is 5. The highest BCUT2D eigenvalue weighted by Crippen LogP contribution is 2.22. The lowest BCUT2D eigenvalue weighted by Gasteiger charge is -2.22. The summed E-state index contributed by atoms with van der Waals surface area (Å²) in [5.74, 6) is 0. The Labute approximate surface area is 110 Å². The predicted molar refractivity (Wildman–Crippen MR) is 66.3 cm³/mol. The van der Waals surface area contributed by atoms with Crippen LogP contribution in [-0.4, -0.2) is 24.2 Å². The maximum absolute atomic E-state index is 12.3. The molecule has 0 heterocycles. The zero-order chi connectivity index (χ0) is 13.8. The number of nitrogens with zero attached hydrogens (tertiary/aromatic N) is 1. The van der Waals surface area contributed by atoms with E-state index < -0.39 is 12.7 Å². The van der Waals surface area contributed by atoms with Crippen molar-refractivity contribution in [3.8, 4) is 0 Å². The van der Waals surface area contributed by atoms with E-state index in [4.69, 9.17) is 17.3 Å². The molecule has 18 heavy (non-hydrogen) atoms. The molecule has 0 aromatic heterocycles. The summed E-state index contributed by atoms with van der Waals surface area (Å²) in [4.78, 5) is 1.29. The molecule has 0 spiro atoms. The van der Waals surface area contributed by atoms with Gasteiger partial charge in [-0.2, -0.15) is 13.2 Å². The SMILES string of the molecule is CCN(Cc1ccc(CN)cc1Cl)CC(F)(F)F. The summed E-state index contributed by atoms with van der Waals surface area (Å²) in [7, 11) is 0. The van der Waals surface area contributed by atoms with Crippen molar-refractivity contribution in [2.24, 2.45) is 5.73 Å². The van der Waals surface area contributed by atoms with Crippen molar-refractivity contribution in [2.45, 2.75) is 26.2 Å². The van der Waals surface area contributed by atoms with Crippen LogP contribution in [0.25, 0.3) is 0 Å². The topological polar surface area (TPSA) is 29.3 Å². The van der Waals surface area contributed by atoms with Crippen molar-refractivity contribution in [1.82, 2.24) is 4.90 Å². The molecule has 0 atom stereocenters. The van der Waals surface area contributed by atoms with Crippen LogP contribution in [0.3, 0.4) is 0 Å². The number of hydrogen-bond donors (Lipinski definition) is 1. The summed E-state index contributed by atoms with van der Waals surface area (Å²) in [5.41, 5.74) is 7.01. The van der Waals surface area contributed by atoms with E-state index >= 15 is 0 Å². The monoisotopic (exact) mass is 280 g/mol. The van der Waals surface area contributed by atoms with Crippen LogP contribution in [0.5, 0.6) is 0 Å². The number of halogens is 4. The van der Waals surface area contributed by atoms with Gasteiger partial charge in [-0.15, -0.1) is 0 Å². The van der Waals surface area contributed by atoms with E-state index in [1.165, 1.54) is 4.90 Å². The van der Waals surface area contributed by atoms with E-state index in [1.54, 1.807) is 25.1 Å². The summed E-state index contributed by atoms with van der Waals surface area (Å²) in [6, 6.07) is 5.20. The second-order valence-electron chi connectivity index (χ2n) is 4.05. The minimum absolute atomic E-state index is 0.180. The summed E-state index contributed by atoms with van der Waals surface area (Å²) in [5, 5.41) is 0.457. The lowest BCUT2D eigenvalue weighted by Crippen LogP contribution is -2.33. The molecule has 0 amide bonds. The van der Waals surface area contributed by atoms with Crippen molar-refractivity contribution < 1.29 is 13.2 Å². The van der Waals surface area contributed by atoms with Crippen LogP contribution in [0.2, 0.25) is 5.02 Å². The van der Waals surface area contributed by atoms with E-state index in [0.717, 1.165) is 5.56 Å². The van der Waals surface area contributed by atoms with Gasteiger partial charge in [-0.05, 0) is 23.7 Å². The van der Waals surface area contributed by atoms with Crippen LogP contribution in [0.15, 0.2) is 18.2 Å². The predicted octanol–water partition coefficient (Wildman–Crippen LogP) is 3.18. The molecular formula is C12H16ClF3N2. The first-order valence-corrected chi connectivity index (χ1v) is 6.00. The molecule has 2 N–H and O–H groups in total. The Bertz CT molecular complexity index is 393. The van der Waals surface area contributed by atoms with Gasteiger partial charge in [0.2, 0.25) is 0 Å². The number of nitrogens with two attached hydrogens (primary N) is 1. The third-order valence-electron chi connectivity index (χ3n) is 2.60. The first kappa shape index (κ1) is 15.3. The van der Waals surface area contributed by atoms with Gasteiger partial charge in [0.1, 0.15) is 0 Å². The van der Waals surface area contributed by atoms with E-state index in [2.05, 4.69) is 0 Å². The molecule has 102 valence electrons. The number of hydrogen-bond acceptors (Lipinski definition) is 2. The van der Waals surface area contributed by atoms with Gasteiger partial charge in [0.15, 0.2) is 0 Å². The van der Waals surface area contributed by atoms with Gasteiger partial charge in [0.25, 0.3) is 0 Å². The zero-order valence-corrected chi connectivity index (χ0v) is 10.9. The Hall–Kier alpha value is -0.780. The van der Waals surface area contributed by atoms with Crippen LogP contribution in [0, 0.1) is 0 Å². The molecule has 1 rings (SSSR count). The molecule has 6 heteroatoms. The largest absolute Gasteiger partial charge is 0.401 e. The molecule has 0 aliphatic rings. The Morgan fingerprint density at radius 2 is 2.00 bits per heavy atom. The minimum atomic E-state index is -4.19. The molecule has 0 fully saturated rings. The summed E-state index contributed by atoms with van der Waals surface area (Å²) < 4.78 is 37.0. The van der Waals surface area contributed by atoms with Gasteiger partial charge in [-0.25, -0.2) is 0 Å². The molecule has 0 bridgehead atoms. The molecular weight excluding hydrogens is 265 g/mol. The lowest BCUT2D eigenvalue weighted by molar-refractivity contribution is -0.146. The smallest absolute Gasteiger partial charge is 0.326 e. The fourth-order valence-electron chi connectivity index (χ4n) is 1.62. The average Bonchev–Trinajstić information content (AvgIpc) is 2.28. The van der Waals surface area contributed by atoms with Crippen LogP contribution in [-0.2, 0) is 13.1 Å². The van der Waals surface area contributed by atoms with Crippen LogP contribution < -0.4 is 5.73 Å². The third kappa shape index (κ3) is 4.84. The van der Waals surface area contributed by atoms with Gasteiger partial charge in [0.05, 0.1) is 6.54 Å². The van der Waals surface area contributed by atoms with Crippen LogP contribution in [0.4, 0.5) is 13.2 Å². The standard InChI is InChI=1S/C12H16ClF3N2/c1-2-18(8-12(14,15)16)7-10-4-3-9(6-17)5-11(10)13/h3-5H,2,6-8,17H2,1H3. The summed E-state index contributed by atoms with van der Waals surface area (Å²) in [6.07, 6.45) is -4.19. The molecule has 0 radical (unpaired) electrons. The summed E-state index contributed by atoms with van der Waals surface area (Å²) in [6.45, 7) is 1.61. The third-order valence-corrected chi connectivity index (χ3v) is 2.95. The second kappa shape index (κ2) is 6.41. The van der Waals surface area contributed by atoms with Crippen LogP contribution in [0.1, 0.15) is 18.1 Å². The number of benzene rings is 1. The minimum Gasteiger partial charge on any atom is -0.326 e. The highest BCUT2D eigenvalue weighted by atomic mass is 35.5. The maximum Gasteiger partial charge on any atom is 0.401 e. The van der Waals surface area contributed by atoms with Gasteiger partial charge in [-0.3, -0.25) is 4.90 Å². The van der Waals surface area contributed by atoms with E-state index in [9.17, 15) is 13.2 Å². The second-order valence-corrected chi connectivity index (χ2v) is 4.46. The molecule has 0 aliphatic heterocycles. The Balaban J connectivity index is 2.76. The fraction of sp³-hybridized carbons (Fsp3) is 0.500. The van der Waals surface area contributed by atoms with Crippen molar-refractivity contribution in [3.63, 3.8) is 0 Å². The van der Waals surface area contributed by atoms with Crippen LogP contribution >= 0.6 is 11.6 Å². The first-order valence-electron chi connectivity index (χ1n) is 5.62. The molecule has 1 aromatic rings. The molecule has 2 nitrogen and oxygen atoms in total. The Morgan fingerprint density at radius 1 is 1.33 bits per heavy atom. The van der Waals surface area contributed by atoms with Crippen molar-refractivity contribution in [3.05, 3.63) is 34.3 Å². The van der Waals surface area contributed by atoms with Crippen molar-refractivity contribution in [1.29, 1.82) is 0 Å². The Kier molecular flexibility index (Phi) is 5.44. The van der Waals surface area contributed by atoms with Crippen molar-refractivity contribution >= 4 is 11.6 Å². The van der Waals surface area contributed by atoms with Gasteiger partial charge in [-0.1, -0.05) is 30.7 Å². The molecule has 0 saturated carbocycles. The number of alkyl halides is 3. The maximum atomic E-state index is 12.3. The van der Waals surface area contributed by atoms with E-state index in [-0.39, 0.29) is 6.54 Å². The normalized spacial score (nSPS) is 12.2. The Morgan fingerprint density at radius 3 is 2.44 bits per heavy atom. The lowest BCUT2D eigenvalue weighted by atomic mass is 10.1. The highest BCUT2D eigenvalue weighted by Gasteiger charge is 2.30. The van der Waals surface area contributed by atoms with Gasteiger partial charge >= 0.3 is 6.18 Å². The molecule has 0 saturated heterocycles. The van der Waals surface area contributed by atoms with Gasteiger partial charge < -0.3 is 5.73 Å². The molecule has 0 aliphatic carbocycles. The summed E-state index contributed by atoms with van der Waals surface area (Å²) >= 11 is 6.02. The van der Waals surface area contributed by atoms with Crippen molar-refractivity contribution in [2.75, 3.05) is 13.1 Å². The van der Waals surface area contributed by atoms with E-state index in [0.29, 0.717) is 23.7 Å². The zero-order valence-electron chi connectivity index (χ0n) is 10.1. The molecule has 1 aromatic carbocycles.